The molecule has 2 unspecified atom stereocenters. The Morgan fingerprint density at radius 1 is 1.47 bits per heavy atom. The lowest BCUT2D eigenvalue weighted by Crippen LogP contribution is -2.42. The Kier molecular flexibility index (Phi) is 2.34. The predicted octanol–water partition coefficient (Wildman–Crippen LogP) is 3.05. The van der Waals surface area contributed by atoms with Gasteiger partial charge >= 0.3 is 0 Å². The van der Waals surface area contributed by atoms with Crippen LogP contribution in [0.2, 0.25) is 0 Å². The van der Waals surface area contributed by atoms with Crippen molar-refractivity contribution in [3.63, 3.8) is 0 Å². The van der Waals surface area contributed by atoms with Crippen LogP contribution in [0, 0.1) is 5.41 Å². The summed E-state index contributed by atoms with van der Waals surface area (Å²) < 4.78 is 0. The molecule has 17 heavy (non-hydrogen) atoms. The number of nitrogens with zero attached hydrogens (tertiary/aromatic N) is 1. The van der Waals surface area contributed by atoms with Crippen LogP contribution in [0.15, 0.2) is 18.3 Å². The molecule has 0 bridgehead atoms. The first-order valence-corrected chi connectivity index (χ1v) is 6.71. The largest absolute Gasteiger partial charge is 0.389 e. The van der Waals surface area contributed by atoms with Crippen molar-refractivity contribution < 1.29 is 5.11 Å². The van der Waals surface area contributed by atoms with E-state index in [4.69, 9.17) is 0 Å². The maximum Gasteiger partial charge on any atom is 0.0756 e. The summed E-state index contributed by atoms with van der Waals surface area (Å²) in [6.45, 7) is 4.23. The minimum atomic E-state index is -0.601. The SMILES string of the molecule is CC1(C(C)(O)C2CCCc3cccnc32)CC1. The van der Waals surface area contributed by atoms with Gasteiger partial charge in [0.25, 0.3) is 0 Å². The Balaban J connectivity index is 2.00. The average molecular weight is 231 g/mol. The van der Waals surface area contributed by atoms with Crippen LogP contribution in [0.3, 0.4) is 0 Å². The van der Waals surface area contributed by atoms with Crippen molar-refractivity contribution in [2.45, 2.75) is 57.5 Å². The highest BCUT2D eigenvalue weighted by molar-refractivity contribution is 5.30. The molecule has 0 amide bonds. The molecular formula is C15H21NO. The van der Waals surface area contributed by atoms with Gasteiger partial charge in [0.15, 0.2) is 0 Å². The maximum absolute atomic E-state index is 10.9. The first-order chi connectivity index (χ1) is 8.05. The minimum Gasteiger partial charge on any atom is -0.389 e. The fraction of sp³-hybridized carbons (Fsp3) is 0.667. The molecule has 2 aliphatic carbocycles. The first kappa shape index (κ1) is 11.2. The van der Waals surface area contributed by atoms with Gasteiger partial charge in [-0.2, -0.15) is 0 Å². The van der Waals surface area contributed by atoms with Crippen molar-refractivity contribution in [3.8, 4) is 0 Å². The molecule has 2 aliphatic rings. The predicted molar refractivity (Wildman–Crippen MR) is 67.9 cm³/mol. The Bertz CT molecular complexity index is 434. The van der Waals surface area contributed by atoms with Gasteiger partial charge in [-0.3, -0.25) is 4.98 Å². The molecular weight excluding hydrogens is 210 g/mol. The van der Waals surface area contributed by atoms with Gasteiger partial charge in [0.1, 0.15) is 0 Å². The number of hydrogen-bond acceptors (Lipinski definition) is 2. The molecule has 2 atom stereocenters. The molecule has 0 saturated heterocycles. The van der Waals surface area contributed by atoms with Gasteiger partial charge in [-0.1, -0.05) is 13.0 Å². The van der Waals surface area contributed by atoms with E-state index < -0.39 is 5.60 Å². The van der Waals surface area contributed by atoms with Crippen LogP contribution >= 0.6 is 0 Å². The van der Waals surface area contributed by atoms with E-state index >= 15 is 0 Å². The molecule has 0 radical (unpaired) electrons. The fourth-order valence-corrected chi connectivity index (χ4v) is 3.27. The third-order valence-electron chi connectivity index (χ3n) is 5.10. The lowest BCUT2D eigenvalue weighted by atomic mass is 9.70. The normalized spacial score (nSPS) is 29.2. The molecule has 1 N–H and O–H groups in total. The molecule has 2 nitrogen and oxygen atoms in total. The molecule has 1 fully saturated rings. The number of fused-ring (bicyclic) bond motifs is 1. The molecule has 0 spiro atoms. The number of aryl methyl sites for hydroxylation is 1. The van der Waals surface area contributed by atoms with Crippen molar-refractivity contribution in [2.24, 2.45) is 5.41 Å². The maximum atomic E-state index is 10.9. The van der Waals surface area contributed by atoms with Gasteiger partial charge < -0.3 is 5.11 Å². The lowest BCUT2D eigenvalue weighted by Gasteiger charge is -2.40. The number of hydrogen-bond donors (Lipinski definition) is 1. The average Bonchev–Trinajstić information content (AvgIpc) is 3.08. The lowest BCUT2D eigenvalue weighted by molar-refractivity contribution is -0.0388. The molecule has 1 heterocycles. The Morgan fingerprint density at radius 3 is 2.94 bits per heavy atom. The molecule has 0 aromatic carbocycles. The van der Waals surface area contributed by atoms with Crippen molar-refractivity contribution in [2.75, 3.05) is 0 Å². The third-order valence-corrected chi connectivity index (χ3v) is 5.10. The van der Waals surface area contributed by atoms with Crippen LogP contribution in [0.4, 0.5) is 0 Å². The van der Waals surface area contributed by atoms with Gasteiger partial charge in [-0.25, -0.2) is 0 Å². The second-order valence-electron chi connectivity index (χ2n) is 6.20. The zero-order valence-corrected chi connectivity index (χ0v) is 10.7. The van der Waals surface area contributed by atoms with Gasteiger partial charge in [0.05, 0.1) is 5.60 Å². The standard InChI is InChI=1S/C15H21NO/c1-14(8-9-14)15(2,17)12-7-3-5-11-6-4-10-16-13(11)12/h4,6,10,12,17H,3,5,7-9H2,1-2H3. The molecule has 1 saturated carbocycles. The van der Waals surface area contributed by atoms with Gasteiger partial charge in [0, 0.05) is 17.8 Å². The van der Waals surface area contributed by atoms with E-state index in [2.05, 4.69) is 18.0 Å². The van der Waals surface area contributed by atoms with Crippen molar-refractivity contribution in [1.82, 2.24) is 4.98 Å². The van der Waals surface area contributed by atoms with Crippen molar-refractivity contribution in [3.05, 3.63) is 29.6 Å². The van der Waals surface area contributed by atoms with Gasteiger partial charge in [-0.05, 0) is 56.1 Å². The highest BCUT2D eigenvalue weighted by Gasteiger charge is 2.56. The molecule has 3 rings (SSSR count). The van der Waals surface area contributed by atoms with Crippen LogP contribution in [0.25, 0.3) is 0 Å². The van der Waals surface area contributed by atoms with Crippen LogP contribution in [-0.4, -0.2) is 15.7 Å². The summed E-state index contributed by atoms with van der Waals surface area (Å²) in [7, 11) is 0. The summed E-state index contributed by atoms with van der Waals surface area (Å²) in [5, 5.41) is 10.9. The highest BCUT2D eigenvalue weighted by Crippen LogP contribution is 2.59. The molecule has 1 aromatic heterocycles. The number of pyridine rings is 1. The van der Waals surface area contributed by atoms with Crippen molar-refractivity contribution in [1.29, 1.82) is 0 Å². The fourth-order valence-electron chi connectivity index (χ4n) is 3.27. The van der Waals surface area contributed by atoms with E-state index in [1.807, 2.05) is 19.2 Å². The zero-order chi connectivity index (χ0) is 12.1. The number of aliphatic hydroxyl groups is 1. The van der Waals surface area contributed by atoms with Crippen LogP contribution in [-0.2, 0) is 6.42 Å². The summed E-state index contributed by atoms with van der Waals surface area (Å²) in [6.07, 6.45) is 7.54. The van der Waals surface area contributed by atoms with E-state index in [0.717, 1.165) is 31.4 Å². The third kappa shape index (κ3) is 1.61. The number of aromatic nitrogens is 1. The van der Waals surface area contributed by atoms with Crippen LogP contribution < -0.4 is 0 Å². The topological polar surface area (TPSA) is 33.1 Å². The Labute approximate surface area is 103 Å². The van der Waals surface area contributed by atoms with E-state index in [9.17, 15) is 5.11 Å². The molecule has 2 heteroatoms. The van der Waals surface area contributed by atoms with E-state index in [0.29, 0.717) is 0 Å². The summed E-state index contributed by atoms with van der Waals surface area (Å²) in [5.41, 5.74) is 2.01. The molecule has 0 aliphatic heterocycles. The second-order valence-corrected chi connectivity index (χ2v) is 6.20. The zero-order valence-electron chi connectivity index (χ0n) is 10.7. The Hall–Kier alpha value is -0.890. The van der Waals surface area contributed by atoms with Crippen LogP contribution in [0.5, 0.6) is 0 Å². The summed E-state index contributed by atoms with van der Waals surface area (Å²) in [5.74, 6) is 0.222. The smallest absolute Gasteiger partial charge is 0.0756 e. The Morgan fingerprint density at radius 2 is 2.24 bits per heavy atom. The monoisotopic (exact) mass is 231 g/mol. The summed E-state index contributed by atoms with van der Waals surface area (Å²) in [6, 6.07) is 4.18. The quantitative estimate of drug-likeness (QED) is 0.848. The van der Waals surface area contributed by atoms with Crippen molar-refractivity contribution >= 4 is 0 Å². The second kappa shape index (κ2) is 3.55. The summed E-state index contributed by atoms with van der Waals surface area (Å²) in [4.78, 5) is 4.55. The number of rotatable bonds is 2. The minimum absolute atomic E-state index is 0.115. The van der Waals surface area contributed by atoms with E-state index in [1.165, 1.54) is 12.0 Å². The summed E-state index contributed by atoms with van der Waals surface area (Å²) >= 11 is 0. The molecule has 1 aromatic rings. The highest BCUT2D eigenvalue weighted by atomic mass is 16.3. The van der Waals surface area contributed by atoms with E-state index in [1.54, 1.807) is 0 Å². The van der Waals surface area contributed by atoms with Crippen LogP contribution in [0.1, 0.15) is 56.7 Å². The first-order valence-electron chi connectivity index (χ1n) is 6.71. The van der Waals surface area contributed by atoms with Gasteiger partial charge in [-0.15, -0.1) is 0 Å². The van der Waals surface area contributed by atoms with E-state index in [-0.39, 0.29) is 11.3 Å². The molecule has 92 valence electrons. The van der Waals surface area contributed by atoms with Gasteiger partial charge in [0.2, 0.25) is 0 Å².